The molecule has 6 aromatic rings. The van der Waals surface area contributed by atoms with E-state index < -0.39 is 22.5 Å². The fourth-order valence-corrected chi connectivity index (χ4v) is 8.38. The van der Waals surface area contributed by atoms with Crippen LogP contribution in [-0.2, 0) is 20.7 Å². The van der Waals surface area contributed by atoms with E-state index in [2.05, 4.69) is 101 Å². The van der Waals surface area contributed by atoms with Crippen LogP contribution in [0.2, 0.25) is 0 Å². The van der Waals surface area contributed by atoms with Crippen molar-refractivity contribution >= 4 is 29.4 Å². The van der Waals surface area contributed by atoms with Crippen LogP contribution in [0.1, 0.15) is 55.9 Å². The topological polar surface area (TPSA) is 102 Å². The van der Waals surface area contributed by atoms with Gasteiger partial charge in [0.25, 0.3) is 5.91 Å². The first-order chi connectivity index (χ1) is 28.7. The lowest BCUT2D eigenvalue weighted by Crippen LogP contribution is -2.45. The molecule has 0 fully saturated rings. The highest BCUT2D eigenvalue weighted by Crippen LogP contribution is 2.48. The van der Waals surface area contributed by atoms with Gasteiger partial charge in [-0.1, -0.05) is 152 Å². The van der Waals surface area contributed by atoms with Crippen LogP contribution in [0.3, 0.4) is 0 Å². The first kappa shape index (κ1) is 42.5. The zero-order chi connectivity index (χ0) is 41.3. The third kappa shape index (κ3) is 12.5. The number of aryl methyl sites for hydroxylation is 1. The van der Waals surface area contributed by atoms with Gasteiger partial charge in [0, 0.05) is 24.4 Å². The molecule has 2 amide bonds. The van der Waals surface area contributed by atoms with Crippen molar-refractivity contribution in [2.45, 2.75) is 56.4 Å². The normalized spacial score (nSPS) is 11.9. The Balaban J connectivity index is 1.22. The fourth-order valence-electron chi connectivity index (χ4n) is 6.82. The van der Waals surface area contributed by atoms with Crippen molar-refractivity contribution in [3.05, 3.63) is 186 Å². The summed E-state index contributed by atoms with van der Waals surface area (Å²) in [4.78, 5) is 31.3. The number of amides is 2. The van der Waals surface area contributed by atoms with Gasteiger partial charge in [0.05, 0.1) is 22.2 Å². The lowest BCUT2D eigenvalue weighted by atomic mass is 9.84. The number of hydrogen-bond acceptors (Lipinski definition) is 7. The number of rotatable bonds is 19. The Morgan fingerprint density at radius 3 is 1.78 bits per heavy atom. The van der Waals surface area contributed by atoms with Gasteiger partial charge in [-0.3, -0.25) is 4.79 Å². The maximum absolute atomic E-state index is 13.4. The molecule has 6 rings (SSSR count). The number of carbonyl (C=O) groups is 2. The number of aromatic nitrogens is 1. The Kier molecular flexibility index (Phi) is 15.2. The minimum Gasteiger partial charge on any atom is -0.466 e. The molecule has 0 saturated carbocycles. The summed E-state index contributed by atoms with van der Waals surface area (Å²) in [6.07, 6.45) is 2.29. The molecule has 9 heteroatoms. The zero-order valence-electron chi connectivity index (χ0n) is 34.1. The number of nitrogens with one attached hydrogen (secondary N) is 3. The number of thioether (sulfide) groups is 1. The van der Waals surface area contributed by atoms with Crippen LogP contribution < -0.4 is 20.7 Å². The molecule has 304 valence electrons. The summed E-state index contributed by atoms with van der Waals surface area (Å²) < 4.78 is 11.3. The third-order valence-electron chi connectivity index (χ3n) is 9.63. The summed E-state index contributed by atoms with van der Waals surface area (Å²) >= 11 is 1.75. The van der Waals surface area contributed by atoms with Gasteiger partial charge in [-0.25, -0.2) is 9.78 Å². The second-order valence-electron chi connectivity index (χ2n) is 15.3. The highest BCUT2D eigenvalue weighted by Gasteiger charge is 2.38. The van der Waals surface area contributed by atoms with Crippen LogP contribution in [0.5, 0.6) is 5.88 Å². The highest BCUT2D eigenvalue weighted by molar-refractivity contribution is 8.00. The smallest absolute Gasteiger partial charge is 0.407 e. The number of nitrogens with zero attached hydrogens (tertiary/aromatic N) is 1. The number of unbranched alkanes of at least 4 members (excludes halogenated alkanes) is 1. The molecule has 0 aliphatic heterocycles. The molecule has 0 bridgehead atoms. The van der Waals surface area contributed by atoms with E-state index in [-0.39, 0.29) is 12.5 Å². The summed E-state index contributed by atoms with van der Waals surface area (Å²) in [5, 5.41) is 9.65. The Labute approximate surface area is 353 Å². The summed E-state index contributed by atoms with van der Waals surface area (Å²) in [5.74, 6) is 0.576. The van der Waals surface area contributed by atoms with E-state index in [0.717, 1.165) is 41.5 Å². The Hall–Kier alpha value is -6.06. The zero-order valence-corrected chi connectivity index (χ0v) is 34.9. The molecule has 1 aromatic heterocycles. The molecule has 3 N–H and O–H groups in total. The lowest BCUT2D eigenvalue weighted by Gasteiger charge is -2.37. The van der Waals surface area contributed by atoms with Gasteiger partial charge in [-0.15, -0.1) is 11.8 Å². The molecule has 0 aliphatic rings. The van der Waals surface area contributed by atoms with E-state index in [9.17, 15) is 9.59 Å². The van der Waals surface area contributed by atoms with Gasteiger partial charge >= 0.3 is 6.09 Å². The maximum Gasteiger partial charge on any atom is 0.407 e. The molecular weight excluding hydrogens is 753 g/mol. The first-order valence-electron chi connectivity index (χ1n) is 20.2. The van der Waals surface area contributed by atoms with Crippen LogP contribution >= 0.6 is 11.8 Å². The first-order valence-corrected chi connectivity index (χ1v) is 21.2. The number of ether oxygens (including phenoxy) is 2. The van der Waals surface area contributed by atoms with E-state index in [1.54, 1.807) is 11.8 Å². The quantitative estimate of drug-likeness (QED) is 0.0553. The van der Waals surface area contributed by atoms with Crippen molar-refractivity contribution in [2.24, 2.45) is 0 Å². The highest BCUT2D eigenvalue weighted by atomic mass is 32.2. The molecular formula is C50H54N4O4S. The van der Waals surface area contributed by atoms with Gasteiger partial charge in [0.1, 0.15) is 5.60 Å². The predicted octanol–water partition coefficient (Wildman–Crippen LogP) is 10.3. The molecule has 5 aromatic carbocycles. The largest absolute Gasteiger partial charge is 0.466 e. The van der Waals surface area contributed by atoms with Crippen LogP contribution in [0, 0.1) is 0 Å². The second kappa shape index (κ2) is 21.1. The summed E-state index contributed by atoms with van der Waals surface area (Å²) in [7, 11) is 0. The Morgan fingerprint density at radius 2 is 1.22 bits per heavy atom. The van der Waals surface area contributed by atoms with Crippen molar-refractivity contribution in [2.75, 3.05) is 30.8 Å². The summed E-state index contributed by atoms with van der Waals surface area (Å²) in [6.45, 7) is 6.24. The van der Waals surface area contributed by atoms with Crippen molar-refractivity contribution < 1.29 is 19.1 Å². The number of carbonyl (C=O) groups excluding carboxylic acids is 2. The average Bonchev–Trinajstić information content (AvgIpc) is 3.26. The van der Waals surface area contributed by atoms with Crippen molar-refractivity contribution in [1.82, 2.24) is 15.6 Å². The van der Waals surface area contributed by atoms with E-state index >= 15 is 0 Å². The molecule has 59 heavy (non-hydrogen) atoms. The predicted molar refractivity (Wildman–Crippen MR) is 241 cm³/mol. The minimum atomic E-state index is -0.683. The lowest BCUT2D eigenvalue weighted by molar-refractivity contribution is -0.123. The number of pyridine rings is 1. The van der Waals surface area contributed by atoms with E-state index in [1.807, 2.05) is 99.6 Å². The van der Waals surface area contributed by atoms with Gasteiger partial charge in [0.2, 0.25) is 5.88 Å². The van der Waals surface area contributed by atoms with E-state index in [0.29, 0.717) is 36.1 Å². The Bertz CT molecular complexity index is 2090. The third-order valence-corrected chi connectivity index (χ3v) is 11.3. The summed E-state index contributed by atoms with van der Waals surface area (Å²) in [5.41, 5.74) is 6.21. The van der Waals surface area contributed by atoms with Crippen LogP contribution in [-0.4, -0.2) is 54.1 Å². The number of alkyl carbamates (subject to hydrolysis) is 1. The number of benzene rings is 5. The molecule has 0 aliphatic carbocycles. The molecule has 8 nitrogen and oxygen atoms in total. The maximum atomic E-state index is 13.4. The monoisotopic (exact) mass is 806 g/mol. The average molecular weight is 807 g/mol. The molecule has 1 unspecified atom stereocenters. The fraction of sp³-hybridized carbons (Fsp3) is 0.260. The molecule has 1 atom stereocenters. The van der Waals surface area contributed by atoms with Gasteiger partial charge in [-0.2, -0.15) is 0 Å². The van der Waals surface area contributed by atoms with Gasteiger partial charge in [-0.05, 0) is 74.4 Å². The Morgan fingerprint density at radius 1 is 0.678 bits per heavy atom. The standard InChI is InChI=1S/C50H54N4O4S/c1-49(2,3)58-48(56)53-43(37-59-50(40-26-13-6-14-27-40,41-28-15-7-16-29-41)42-30-17-8-18-31-42)35-52-45-33-32-44(39-24-11-5-12-25-39)54-47(45)57-36-46(55)51-34-20-19-23-38-21-9-4-10-22-38/h4-18,21-22,24-33,43,52H,19-20,23,34-37H2,1-3H3,(H,51,55)(H,53,56). The van der Waals surface area contributed by atoms with Gasteiger partial charge < -0.3 is 25.4 Å². The van der Waals surface area contributed by atoms with Crippen molar-refractivity contribution in [1.29, 1.82) is 0 Å². The van der Waals surface area contributed by atoms with E-state index in [4.69, 9.17) is 14.5 Å². The minimum absolute atomic E-state index is 0.193. The van der Waals surface area contributed by atoms with Crippen LogP contribution in [0.15, 0.2) is 164 Å². The number of hydrogen-bond donors (Lipinski definition) is 3. The van der Waals surface area contributed by atoms with E-state index in [1.165, 1.54) is 5.56 Å². The molecule has 0 spiro atoms. The molecule has 0 radical (unpaired) electrons. The summed E-state index contributed by atoms with van der Waals surface area (Å²) in [6, 6.07) is 55.0. The second-order valence-corrected chi connectivity index (χ2v) is 16.5. The molecule has 0 saturated heterocycles. The van der Waals surface area contributed by atoms with Gasteiger partial charge in [0.15, 0.2) is 6.61 Å². The van der Waals surface area contributed by atoms with Crippen molar-refractivity contribution in [3.63, 3.8) is 0 Å². The molecule has 1 heterocycles. The van der Waals surface area contributed by atoms with Crippen molar-refractivity contribution in [3.8, 4) is 17.1 Å². The number of anilines is 1. The van der Waals surface area contributed by atoms with Crippen LogP contribution in [0.4, 0.5) is 10.5 Å². The SMILES string of the molecule is CC(C)(C)OC(=O)NC(CNc1ccc(-c2ccccc2)nc1OCC(=O)NCCCCc1ccccc1)CSC(c1ccccc1)(c1ccccc1)c1ccccc1. The van der Waals surface area contributed by atoms with Crippen LogP contribution in [0.25, 0.3) is 11.3 Å².